The van der Waals surface area contributed by atoms with E-state index in [0.717, 1.165) is 5.37 Å². The van der Waals surface area contributed by atoms with Crippen molar-refractivity contribution in [2.24, 2.45) is 5.73 Å². The third kappa shape index (κ3) is 7.64. The highest BCUT2D eigenvalue weighted by molar-refractivity contribution is 7.79. The molecule has 0 bridgehead atoms. The smallest absolute Gasteiger partial charge is 0.325 e. The molecule has 0 aromatic heterocycles. The van der Waals surface area contributed by atoms with Crippen LogP contribution in [0.15, 0.2) is 0 Å². The zero-order valence-electron chi connectivity index (χ0n) is 11.9. The van der Waals surface area contributed by atoms with Crippen LogP contribution in [0.3, 0.4) is 0 Å². The van der Waals surface area contributed by atoms with E-state index in [1.807, 2.05) is 0 Å². The quantitative estimate of drug-likeness (QED) is 0.307. The van der Waals surface area contributed by atoms with E-state index in [1.165, 1.54) is 6.92 Å². The van der Waals surface area contributed by atoms with Crippen molar-refractivity contribution in [3.63, 3.8) is 0 Å². The second-order valence-corrected chi connectivity index (χ2v) is 4.86. The molecule has 9 nitrogen and oxygen atoms in total. The molecule has 2 amide bonds. The Kier molecular flexibility index (Phi) is 8.87. The largest absolute Gasteiger partial charge is 0.480 e. The maximum absolute atomic E-state index is 11.7. The van der Waals surface area contributed by atoms with Crippen LogP contribution in [0.4, 0.5) is 0 Å². The number of hydrogen-bond acceptors (Lipinski definition) is 6. The van der Waals surface area contributed by atoms with Crippen LogP contribution >= 0.6 is 12.2 Å². The van der Waals surface area contributed by atoms with Crippen LogP contribution in [-0.2, 0) is 19.2 Å². The van der Waals surface area contributed by atoms with Crippen LogP contribution in [0.2, 0.25) is 0 Å². The summed E-state index contributed by atoms with van der Waals surface area (Å²) in [6.45, 7) is 1.27. The van der Waals surface area contributed by atoms with E-state index in [4.69, 9.17) is 15.9 Å². The van der Waals surface area contributed by atoms with Crippen molar-refractivity contribution in [3.05, 3.63) is 0 Å². The Balaban J connectivity index is 4.29. The number of thiocarbonyl (C=S) groups is 1. The van der Waals surface area contributed by atoms with Crippen LogP contribution in [0, 0.1) is 0 Å². The molecule has 0 fully saturated rings. The Morgan fingerprint density at radius 3 is 2.23 bits per heavy atom. The molecule has 0 heterocycles. The van der Waals surface area contributed by atoms with Gasteiger partial charge >= 0.3 is 11.9 Å². The van der Waals surface area contributed by atoms with Gasteiger partial charge in [-0.25, -0.2) is 0 Å². The van der Waals surface area contributed by atoms with Gasteiger partial charge in [-0.2, -0.15) is 0 Å². The molecule has 0 saturated heterocycles. The molecule has 0 unspecified atom stereocenters. The number of rotatable bonds is 10. The van der Waals surface area contributed by atoms with Crippen LogP contribution < -0.4 is 16.4 Å². The fourth-order valence-corrected chi connectivity index (χ4v) is 1.57. The van der Waals surface area contributed by atoms with E-state index < -0.39 is 41.9 Å². The molecule has 0 rings (SSSR count). The predicted molar refractivity (Wildman–Crippen MR) is 80.3 cm³/mol. The van der Waals surface area contributed by atoms with E-state index in [1.54, 1.807) is 0 Å². The number of amides is 2. The fourth-order valence-electron chi connectivity index (χ4n) is 1.38. The van der Waals surface area contributed by atoms with E-state index >= 15 is 0 Å². The molecular weight excluding hydrogens is 314 g/mol. The van der Waals surface area contributed by atoms with Gasteiger partial charge in [-0.15, -0.1) is 0 Å². The summed E-state index contributed by atoms with van der Waals surface area (Å²) in [5, 5.41) is 22.8. The number of nitrogens with one attached hydrogen (secondary N) is 2. The molecule has 10 heteroatoms. The number of carboxylic acid groups (broad SMARTS) is 2. The Morgan fingerprint density at radius 2 is 1.77 bits per heavy atom. The van der Waals surface area contributed by atoms with Gasteiger partial charge < -0.3 is 26.6 Å². The molecular formula is C12H19N3O6S. The van der Waals surface area contributed by atoms with Crippen LogP contribution in [0.25, 0.3) is 0 Å². The summed E-state index contributed by atoms with van der Waals surface area (Å²) in [6, 6.07) is -3.30. The molecule has 0 saturated carbocycles. The SMILES string of the molecule is C[C@@H](NC(=O)[C@H](C=S)NC(=O)CCC[C@H](N)C(=O)O)C(=O)O. The van der Waals surface area contributed by atoms with Gasteiger partial charge in [0, 0.05) is 11.8 Å². The third-order valence-corrected chi connectivity index (χ3v) is 2.97. The lowest BCUT2D eigenvalue weighted by Gasteiger charge is -2.16. The average Bonchev–Trinajstić information content (AvgIpc) is 2.43. The van der Waals surface area contributed by atoms with Gasteiger partial charge in [-0.1, -0.05) is 12.2 Å². The fraction of sp³-hybridized carbons (Fsp3) is 0.583. The first kappa shape index (κ1) is 19.9. The number of aliphatic carboxylic acids is 2. The minimum atomic E-state index is -1.22. The van der Waals surface area contributed by atoms with Crippen molar-refractivity contribution in [1.29, 1.82) is 0 Å². The minimum absolute atomic E-state index is 0.0254. The zero-order valence-corrected chi connectivity index (χ0v) is 12.8. The molecule has 0 aliphatic rings. The molecule has 0 radical (unpaired) electrons. The van der Waals surface area contributed by atoms with Crippen molar-refractivity contribution in [3.8, 4) is 0 Å². The van der Waals surface area contributed by atoms with Gasteiger partial charge in [0.2, 0.25) is 11.8 Å². The lowest BCUT2D eigenvalue weighted by molar-refractivity contribution is -0.141. The Morgan fingerprint density at radius 1 is 1.18 bits per heavy atom. The first-order chi connectivity index (χ1) is 10.2. The third-order valence-electron chi connectivity index (χ3n) is 2.70. The van der Waals surface area contributed by atoms with Crippen molar-refractivity contribution in [2.45, 2.75) is 44.3 Å². The van der Waals surface area contributed by atoms with Crippen LogP contribution in [0.5, 0.6) is 0 Å². The number of carboxylic acids is 2. The normalized spacial score (nSPS) is 14.3. The summed E-state index contributed by atoms with van der Waals surface area (Å²) in [4.78, 5) is 44.5. The Hall–Kier alpha value is -2.07. The van der Waals surface area contributed by atoms with E-state index in [2.05, 4.69) is 22.9 Å². The second-order valence-electron chi connectivity index (χ2n) is 4.59. The molecule has 0 aromatic carbocycles. The average molecular weight is 333 g/mol. The second kappa shape index (κ2) is 9.79. The van der Waals surface area contributed by atoms with Gasteiger partial charge in [0.25, 0.3) is 0 Å². The number of nitrogens with two attached hydrogens (primary N) is 1. The molecule has 124 valence electrons. The van der Waals surface area contributed by atoms with E-state index in [-0.39, 0.29) is 19.3 Å². The molecule has 0 aliphatic heterocycles. The predicted octanol–water partition coefficient (Wildman–Crippen LogP) is -1.36. The zero-order chi connectivity index (χ0) is 17.3. The summed E-state index contributed by atoms with van der Waals surface area (Å²) in [5.74, 6) is -3.62. The van der Waals surface area contributed by atoms with E-state index in [0.29, 0.717) is 0 Å². The standard InChI is InChI=1S/C12H19N3O6S/c1-6(11(18)19)14-10(17)8(5-22)15-9(16)4-2-3-7(13)12(20)21/h5-8H,2-4,13H2,1H3,(H,14,17)(H,15,16)(H,18,19)(H,20,21)/t6-,7+,8+/m1/s1. The maximum Gasteiger partial charge on any atom is 0.325 e. The van der Waals surface area contributed by atoms with Gasteiger partial charge in [0.1, 0.15) is 18.1 Å². The van der Waals surface area contributed by atoms with Gasteiger partial charge in [-0.3, -0.25) is 19.2 Å². The summed E-state index contributed by atoms with van der Waals surface area (Å²) >= 11 is 4.63. The summed E-state index contributed by atoms with van der Waals surface area (Å²) in [5.41, 5.74) is 5.29. The topological polar surface area (TPSA) is 159 Å². The molecule has 0 spiro atoms. The molecule has 22 heavy (non-hydrogen) atoms. The molecule has 6 N–H and O–H groups in total. The van der Waals surface area contributed by atoms with E-state index in [9.17, 15) is 19.2 Å². The first-order valence-electron chi connectivity index (χ1n) is 6.45. The maximum atomic E-state index is 11.7. The lowest BCUT2D eigenvalue weighted by atomic mass is 10.1. The molecule has 0 aromatic rings. The summed E-state index contributed by atoms with van der Waals surface area (Å²) in [6.07, 6.45) is 0.326. The Bertz CT molecular complexity index is 456. The van der Waals surface area contributed by atoms with Crippen molar-refractivity contribution < 1.29 is 29.4 Å². The highest BCUT2D eigenvalue weighted by Gasteiger charge is 2.22. The molecule has 3 atom stereocenters. The van der Waals surface area contributed by atoms with Gasteiger partial charge in [0.05, 0.1) is 0 Å². The van der Waals surface area contributed by atoms with Crippen molar-refractivity contribution >= 4 is 41.3 Å². The van der Waals surface area contributed by atoms with Crippen molar-refractivity contribution in [1.82, 2.24) is 10.6 Å². The highest BCUT2D eigenvalue weighted by atomic mass is 32.1. The first-order valence-corrected chi connectivity index (χ1v) is 6.92. The summed E-state index contributed by atoms with van der Waals surface area (Å²) < 4.78 is 0. The molecule has 0 aliphatic carbocycles. The lowest BCUT2D eigenvalue weighted by Crippen LogP contribution is -2.51. The minimum Gasteiger partial charge on any atom is -0.480 e. The van der Waals surface area contributed by atoms with Crippen molar-refractivity contribution in [2.75, 3.05) is 0 Å². The van der Waals surface area contributed by atoms with Crippen LogP contribution in [-0.4, -0.2) is 57.5 Å². The number of carbonyl (C=O) groups excluding carboxylic acids is 2. The monoisotopic (exact) mass is 333 g/mol. The van der Waals surface area contributed by atoms with Crippen LogP contribution in [0.1, 0.15) is 26.2 Å². The van der Waals surface area contributed by atoms with Gasteiger partial charge in [-0.05, 0) is 19.8 Å². The highest BCUT2D eigenvalue weighted by Crippen LogP contribution is 2.00. The number of carbonyl (C=O) groups is 4. The number of hydrogen-bond donors (Lipinski definition) is 5. The summed E-state index contributed by atoms with van der Waals surface area (Å²) in [7, 11) is 0. The van der Waals surface area contributed by atoms with Gasteiger partial charge in [0.15, 0.2) is 0 Å². The Labute approximate surface area is 132 Å².